The maximum Gasteiger partial charge on any atom is 0.0284 e. The lowest BCUT2D eigenvalue weighted by Gasteiger charge is -2.36. The van der Waals surface area contributed by atoms with Crippen molar-refractivity contribution in [2.45, 2.75) is 57.9 Å². The molecule has 2 nitrogen and oxygen atoms in total. The third-order valence-corrected chi connectivity index (χ3v) is 4.90. The number of nitrogens with two attached hydrogens (primary N) is 1. The van der Waals surface area contributed by atoms with Gasteiger partial charge in [0.25, 0.3) is 0 Å². The zero-order valence-corrected chi connectivity index (χ0v) is 12.3. The maximum atomic E-state index is 5.88. The Morgan fingerprint density at radius 2 is 1.95 bits per heavy atom. The molecule has 0 spiro atoms. The van der Waals surface area contributed by atoms with E-state index >= 15 is 0 Å². The van der Waals surface area contributed by atoms with Crippen LogP contribution in [0.1, 0.15) is 57.4 Å². The Bertz CT molecular complexity index is 359. The first-order chi connectivity index (χ1) is 9.26. The molecule has 1 aromatic carbocycles. The Hall–Kier alpha value is -0.860. The van der Waals surface area contributed by atoms with Crippen LogP contribution < -0.4 is 11.3 Å². The van der Waals surface area contributed by atoms with Gasteiger partial charge < -0.3 is 0 Å². The van der Waals surface area contributed by atoms with Gasteiger partial charge in [-0.3, -0.25) is 11.3 Å². The predicted octanol–water partition coefficient (Wildman–Crippen LogP) is 3.84. The first kappa shape index (κ1) is 14.5. The Balaban J connectivity index is 2.14. The summed E-state index contributed by atoms with van der Waals surface area (Å²) in [6.45, 7) is 4.63. The molecule has 2 heteroatoms. The molecular formula is C17H28N2. The highest BCUT2D eigenvalue weighted by Gasteiger charge is 2.30. The van der Waals surface area contributed by atoms with E-state index in [1.54, 1.807) is 0 Å². The summed E-state index contributed by atoms with van der Waals surface area (Å²) in [5.41, 5.74) is 4.54. The maximum absolute atomic E-state index is 5.88. The van der Waals surface area contributed by atoms with Gasteiger partial charge in [-0.15, -0.1) is 0 Å². The summed E-state index contributed by atoms with van der Waals surface area (Å²) in [6.07, 6.45) is 6.60. The van der Waals surface area contributed by atoms with E-state index in [9.17, 15) is 0 Å². The quantitative estimate of drug-likeness (QED) is 0.577. The summed E-state index contributed by atoms with van der Waals surface area (Å²) in [5.74, 6) is 7.95. The van der Waals surface area contributed by atoms with Gasteiger partial charge in [0.1, 0.15) is 0 Å². The number of benzene rings is 1. The molecule has 19 heavy (non-hydrogen) atoms. The molecular weight excluding hydrogens is 232 g/mol. The van der Waals surface area contributed by atoms with Gasteiger partial charge in [0.15, 0.2) is 0 Å². The summed E-state index contributed by atoms with van der Waals surface area (Å²) in [6, 6.07) is 11.3. The van der Waals surface area contributed by atoms with Crippen molar-refractivity contribution in [3.05, 3.63) is 35.9 Å². The molecule has 1 saturated carbocycles. The zero-order valence-electron chi connectivity index (χ0n) is 12.3. The molecule has 2 rings (SSSR count). The minimum Gasteiger partial charge on any atom is -0.271 e. The number of hydrogen-bond acceptors (Lipinski definition) is 2. The molecule has 1 aliphatic carbocycles. The van der Waals surface area contributed by atoms with Gasteiger partial charge in [-0.25, -0.2) is 0 Å². The monoisotopic (exact) mass is 260 g/mol. The SMILES string of the molecule is CCC(C)C(c1ccccc1)C(CC1CCC1)NN. The van der Waals surface area contributed by atoms with Gasteiger partial charge in [0.2, 0.25) is 0 Å². The molecule has 3 unspecified atom stereocenters. The molecule has 3 N–H and O–H groups in total. The molecule has 0 aliphatic heterocycles. The van der Waals surface area contributed by atoms with Crippen LogP contribution in [0.5, 0.6) is 0 Å². The molecule has 0 amide bonds. The van der Waals surface area contributed by atoms with Crippen molar-refractivity contribution < 1.29 is 0 Å². The van der Waals surface area contributed by atoms with Gasteiger partial charge in [-0.2, -0.15) is 0 Å². The number of hydrogen-bond donors (Lipinski definition) is 2. The van der Waals surface area contributed by atoms with E-state index in [1.165, 1.54) is 37.7 Å². The third kappa shape index (κ3) is 3.58. The topological polar surface area (TPSA) is 38.0 Å². The van der Waals surface area contributed by atoms with Crippen LogP contribution in [-0.4, -0.2) is 6.04 Å². The fraction of sp³-hybridized carbons (Fsp3) is 0.647. The van der Waals surface area contributed by atoms with Crippen LogP contribution in [0.2, 0.25) is 0 Å². The third-order valence-electron chi connectivity index (χ3n) is 4.90. The van der Waals surface area contributed by atoms with Gasteiger partial charge in [-0.1, -0.05) is 69.9 Å². The number of hydrazine groups is 1. The van der Waals surface area contributed by atoms with Crippen molar-refractivity contribution in [3.63, 3.8) is 0 Å². The van der Waals surface area contributed by atoms with E-state index in [4.69, 9.17) is 5.84 Å². The van der Waals surface area contributed by atoms with Gasteiger partial charge in [0.05, 0.1) is 0 Å². The fourth-order valence-corrected chi connectivity index (χ4v) is 3.29. The first-order valence-electron chi connectivity index (χ1n) is 7.77. The van der Waals surface area contributed by atoms with Crippen LogP contribution in [-0.2, 0) is 0 Å². The number of rotatable bonds is 7. The van der Waals surface area contributed by atoms with Crippen LogP contribution in [0.15, 0.2) is 30.3 Å². The Labute approximate surface area is 117 Å². The Morgan fingerprint density at radius 1 is 1.26 bits per heavy atom. The molecule has 1 aliphatic rings. The van der Waals surface area contributed by atoms with Crippen molar-refractivity contribution in [1.82, 2.24) is 5.43 Å². The van der Waals surface area contributed by atoms with Crippen LogP contribution in [0.3, 0.4) is 0 Å². The van der Waals surface area contributed by atoms with Crippen LogP contribution in [0.25, 0.3) is 0 Å². The van der Waals surface area contributed by atoms with E-state index < -0.39 is 0 Å². The summed E-state index contributed by atoms with van der Waals surface area (Å²) in [4.78, 5) is 0. The van der Waals surface area contributed by atoms with Crippen LogP contribution >= 0.6 is 0 Å². The summed E-state index contributed by atoms with van der Waals surface area (Å²) in [5, 5.41) is 0. The van der Waals surface area contributed by atoms with Gasteiger partial charge in [-0.05, 0) is 23.8 Å². The van der Waals surface area contributed by atoms with Crippen molar-refractivity contribution in [3.8, 4) is 0 Å². The summed E-state index contributed by atoms with van der Waals surface area (Å²) < 4.78 is 0. The Morgan fingerprint density at radius 3 is 2.42 bits per heavy atom. The molecule has 0 radical (unpaired) electrons. The van der Waals surface area contributed by atoms with E-state index in [0.29, 0.717) is 17.9 Å². The largest absolute Gasteiger partial charge is 0.271 e. The average molecular weight is 260 g/mol. The average Bonchev–Trinajstić information content (AvgIpc) is 2.41. The molecule has 3 atom stereocenters. The first-order valence-corrected chi connectivity index (χ1v) is 7.77. The molecule has 1 aromatic rings. The molecule has 1 fully saturated rings. The predicted molar refractivity (Wildman–Crippen MR) is 81.7 cm³/mol. The standard InChI is InChI=1S/C17H28N2/c1-3-13(2)17(15-10-5-4-6-11-15)16(19-18)12-14-8-7-9-14/h4-6,10-11,13-14,16-17,19H,3,7-9,12,18H2,1-2H3. The zero-order chi connectivity index (χ0) is 13.7. The van der Waals surface area contributed by atoms with Crippen LogP contribution in [0, 0.1) is 11.8 Å². The van der Waals surface area contributed by atoms with Crippen molar-refractivity contribution in [1.29, 1.82) is 0 Å². The molecule has 0 aromatic heterocycles. The fourth-order valence-electron chi connectivity index (χ4n) is 3.29. The van der Waals surface area contributed by atoms with Crippen LogP contribution in [0.4, 0.5) is 0 Å². The van der Waals surface area contributed by atoms with Gasteiger partial charge >= 0.3 is 0 Å². The van der Waals surface area contributed by atoms with Crippen molar-refractivity contribution in [2.75, 3.05) is 0 Å². The number of nitrogens with one attached hydrogen (secondary N) is 1. The highest BCUT2D eigenvalue weighted by atomic mass is 15.2. The molecule has 0 bridgehead atoms. The second-order valence-electron chi connectivity index (χ2n) is 6.13. The van der Waals surface area contributed by atoms with E-state index in [1.807, 2.05) is 0 Å². The van der Waals surface area contributed by atoms with E-state index in [2.05, 4.69) is 49.6 Å². The second-order valence-corrected chi connectivity index (χ2v) is 6.13. The van der Waals surface area contributed by atoms with E-state index in [-0.39, 0.29) is 0 Å². The minimum absolute atomic E-state index is 0.405. The Kier molecular flexibility index (Phi) is 5.41. The lowest BCUT2D eigenvalue weighted by atomic mass is 9.73. The molecule has 0 heterocycles. The lowest BCUT2D eigenvalue weighted by molar-refractivity contribution is 0.223. The molecule has 0 saturated heterocycles. The smallest absolute Gasteiger partial charge is 0.0284 e. The van der Waals surface area contributed by atoms with Crippen molar-refractivity contribution in [2.24, 2.45) is 17.7 Å². The van der Waals surface area contributed by atoms with E-state index in [0.717, 1.165) is 5.92 Å². The summed E-state index contributed by atoms with van der Waals surface area (Å²) >= 11 is 0. The highest BCUT2D eigenvalue weighted by molar-refractivity contribution is 5.22. The minimum atomic E-state index is 0.405. The highest BCUT2D eigenvalue weighted by Crippen LogP contribution is 2.37. The second kappa shape index (κ2) is 7.06. The van der Waals surface area contributed by atoms with Gasteiger partial charge in [0, 0.05) is 12.0 Å². The summed E-state index contributed by atoms with van der Waals surface area (Å²) in [7, 11) is 0. The molecule has 106 valence electrons. The normalized spacial score (nSPS) is 20.6. The lowest BCUT2D eigenvalue weighted by Crippen LogP contribution is -2.43. The van der Waals surface area contributed by atoms with Crippen molar-refractivity contribution >= 4 is 0 Å².